The number of allylic oxidation sites excluding steroid dienone is 2. The van der Waals surface area contributed by atoms with Gasteiger partial charge in [0.25, 0.3) is 0 Å². The van der Waals surface area contributed by atoms with Gasteiger partial charge in [-0.3, -0.25) is 0 Å². The molecule has 2 heterocycles. The van der Waals surface area contributed by atoms with Crippen molar-refractivity contribution < 1.29 is 4.39 Å². The normalized spacial score (nSPS) is 24.4. The van der Waals surface area contributed by atoms with Crippen LogP contribution in [0.15, 0.2) is 52.3 Å². The summed E-state index contributed by atoms with van der Waals surface area (Å²) in [6, 6.07) is 9.99. The molecule has 1 N–H and O–H groups in total. The predicted molar refractivity (Wildman–Crippen MR) is 103 cm³/mol. The zero-order valence-electron chi connectivity index (χ0n) is 14.8. The van der Waals surface area contributed by atoms with Crippen molar-refractivity contribution in [1.82, 2.24) is 4.98 Å². The van der Waals surface area contributed by atoms with Crippen LogP contribution in [0.3, 0.4) is 0 Å². The third-order valence-electron chi connectivity index (χ3n) is 5.74. The minimum Gasteiger partial charge on any atom is -0.344 e. The Morgan fingerprint density at radius 1 is 1.20 bits per heavy atom. The average Bonchev–Trinajstić information content (AvgIpc) is 2.55. The lowest BCUT2D eigenvalue weighted by atomic mass is 9.62. The van der Waals surface area contributed by atoms with Crippen molar-refractivity contribution in [2.24, 2.45) is 5.41 Å². The molecule has 0 radical (unpaired) electrons. The van der Waals surface area contributed by atoms with Crippen molar-refractivity contribution in [3.05, 3.63) is 69.2 Å². The largest absolute Gasteiger partial charge is 0.344 e. The molecule has 1 aromatic heterocycles. The average molecular weight is 401 g/mol. The molecule has 2 nitrogen and oxygen atoms in total. The number of pyridine rings is 1. The second-order valence-electron chi connectivity index (χ2n) is 8.11. The van der Waals surface area contributed by atoms with Gasteiger partial charge in [-0.2, -0.15) is 0 Å². The molecule has 0 amide bonds. The lowest BCUT2D eigenvalue weighted by Gasteiger charge is -2.45. The Labute approximate surface area is 156 Å². The molecule has 25 heavy (non-hydrogen) atoms. The summed E-state index contributed by atoms with van der Waals surface area (Å²) in [4.78, 5) is 4.37. The second-order valence-corrected chi connectivity index (χ2v) is 9.02. The Hall–Kier alpha value is -1.68. The van der Waals surface area contributed by atoms with E-state index in [0.29, 0.717) is 0 Å². The van der Waals surface area contributed by atoms with Crippen LogP contribution in [0.25, 0.3) is 0 Å². The van der Waals surface area contributed by atoms with Crippen molar-refractivity contribution in [3.63, 3.8) is 0 Å². The predicted octanol–water partition coefficient (Wildman–Crippen LogP) is 6.18. The van der Waals surface area contributed by atoms with E-state index in [0.717, 1.165) is 35.1 Å². The van der Waals surface area contributed by atoms with Crippen molar-refractivity contribution in [1.29, 1.82) is 0 Å². The van der Waals surface area contributed by atoms with Crippen molar-refractivity contribution >= 4 is 21.7 Å². The van der Waals surface area contributed by atoms with Crippen molar-refractivity contribution in [3.8, 4) is 0 Å². The smallest absolute Gasteiger partial charge is 0.141 e. The summed E-state index contributed by atoms with van der Waals surface area (Å²) in [7, 11) is 0. The monoisotopic (exact) mass is 400 g/mol. The van der Waals surface area contributed by atoms with Crippen LogP contribution in [0.1, 0.15) is 51.2 Å². The maximum Gasteiger partial charge on any atom is 0.141 e. The first-order chi connectivity index (χ1) is 11.8. The third kappa shape index (κ3) is 2.71. The van der Waals surface area contributed by atoms with Crippen LogP contribution in [0, 0.1) is 11.2 Å². The molecule has 4 heteroatoms. The number of halogens is 2. The maximum absolute atomic E-state index is 14.1. The Bertz CT molecular complexity index is 887. The van der Waals surface area contributed by atoms with Gasteiger partial charge >= 0.3 is 0 Å². The van der Waals surface area contributed by atoms with Crippen LogP contribution >= 0.6 is 15.9 Å². The lowest BCUT2D eigenvalue weighted by molar-refractivity contribution is 0.302. The van der Waals surface area contributed by atoms with E-state index in [9.17, 15) is 4.39 Å². The summed E-state index contributed by atoms with van der Waals surface area (Å²) >= 11 is 3.59. The van der Waals surface area contributed by atoms with Gasteiger partial charge in [-0.1, -0.05) is 41.9 Å². The first kappa shape index (κ1) is 16.8. The molecule has 2 aliphatic rings. The zero-order valence-corrected chi connectivity index (χ0v) is 16.4. The fourth-order valence-corrected chi connectivity index (χ4v) is 4.71. The Morgan fingerprint density at radius 2 is 2.00 bits per heavy atom. The highest BCUT2D eigenvalue weighted by atomic mass is 79.9. The minimum absolute atomic E-state index is 0.265. The molecule has 0 fully saturated rings. The van der Waals surface area contributed by atoms with E-state index in [2.05, 4.69) is 59.1 Å². The lowest BCUT2D eigenvalue weighted by Crippen LogP contribution is -2.38. The van der Waals surface area contributed by atoms with E-state index in [4.69, 9.17) is 0 Å². The summed E-state index contributed by atoms with van der Waals surface area (Å²) in [5.74, 6) is 0.488. The maximum atomic E-state index is 14.1. The Balaban J connectivity index is 1.98. The van der Waals surface area contributed by atoms with Gasteiger partial charge in [0.05, 0.1) is 6.20 Å². The van der Waals surface area contributed by atoms with Crippen LogP contribution in [0.4, 0.5) is 10.2 Å². The van der Waals surface area contributed by atoms with Crippen LogP contribution in [0.2, 0.25) is 0 Å². The van der Waals surface area contributed by atoms with Gasteiger partial charge < -0.3 is 5.32 Å². The number of nitrogens with zero attached hydrogens (tertiary/aromatic N) is 1. The number of anilines is 1. The number of benzene rings is 1. The van der Waals surface area contributed by atoms with E-state index < -0.39 is 0 Å². The fourth-order valence-electron chi connectivity index (χ4n) is 4.31. The van der Waals surface area contributed by atoms with Crippen molar-refractivity contribution in [2.75, 3.05) is 5.32 Å². The molecule has 0 spiro atoms. The summed E-state index contributed by atoms with van der Waals surface area (Å²) in [5, 5.41) is 3.51. The summed E-state index contributed by atoms with van der Waals surface area (Å²) < 4.78 is 15.1. The molecular weight excluding hydrogens is 379 g/mol. The van der Waals surface area contributed by atoms with Crippen LogP contribution < -0.4 is 5.32 Å². The summed E-state index contributed by atoms with van der Waals surface area (Å²) in [6.45, 7) is 6.83. The SMILES string of the molecule is CC1(C)CCC2=C(C1)Nc1ncc(F)cc1[C@@]2(C)c1cccc(Br)c1. The molecule has 130 valence electrons. The highest BCUT2D eigenvalue weighted by molar-refractivity contribution is 9.10. The molecular formula is C21H22BrFN2. The standard InChI is InChI=1S/C21H22BrFN2/c1-20(2)8-7-16-18(11-20)25-19-17(10-15(23)12-24-19)21(16,3)13-5-4-6-14(22)9-13/h4-6,9-10,12H,7-8,11H2,1-3H3,(H,24,25)/t21-/m0/s1. The van der Waals surface area contributed by atoms with Crippen molar-refractivity contribution in [2.45, 2.75) is 45.4 Å². The Morgan fingerprint density at radius 3 is 2.76 bits per heavy atom. The van der Waals surface area contributed by atoms with Gasteiger partial charge in [-0.05, 0) is 60.9 Å². The summed E-state index contributed by atoms with van der Waals surface area (Å²) in [5.41, 5.74) is 4.61. The molecule has 1 aromatic carbocycles. The second kappa shape index (κ2) is 5.66. The number of rotatable bonds is 1. The molecule has 0 saturated carbocycles. The third-order valence-corrected chi connectivity index (χ3v) is 6.23. The van der Waals surface area contributed by atoms with E-state index in [-0.39, 0.29) is 16.6 Å². The topological polar surface area (TPSA) is 24.9 Å². The summed E-state index contributed by atoms with van der Waals surface area (Å²) in [6.07, 6.45) is 4.43. The van der Waals surface area contributed by atoms with Gasteiger partial charge in [-0.15, -0.1) is 0 Å². The van der Waals surface area contributed by atoms with Gasteiger partial charge in [0.15, 0.2) is 0 Å². The molecule has 0 unspecified atom stereocenters. The molecule has 2 aromatic rings. The number of aromatic nitrogens is 1. The van der Waals surface area contributed by atoms with Gasteiger partial charge in [-0.25, -0.2) is 9.37 Å². The molecule has 0 bridgehead atoms. The zero-order chi connectivity index (χ0) is 17.8. The number of hydrogen-bond donors (Lipinski definition) is 1. The van der Waals surface area contributed by atoms with Crippen LogP contribution in [-0.4, -0.2) is 4.98 Å². The minimum atomic E-state index is -0.370. The molecule has 0 saturated heterocycles. The number of fused-ring (bicyclic) bond motifs is 1. The number of hydrogen-bond acceptors (Lipinski definition) is 2. The molecule has 1 atom stereocenters. The molecule has 4 rings (SSSR count). The highest BCUT2D eigenvalue weighted by Gasteiger charge is 2.44. The first-order valence-electron chi connectivity index (χ1n) is 8.71. The Kier molecular flexibility index (Phi) is 3.80. The first-order valence-corrected chi connectivity index (χ1v) is 9.50. The van der Waals surface area contributed by atoms with E-state index in [1.54, 1.807) is 6.07 Å². The van der Waals surface area contributed by atoms with Gasteiger partial charge in [0.1, 0.15) is 11.6 Å². The molecule has 1 aliphatic carbocycles. The van der Waals surface area contributed by atoms with Gasteiger partial charge in [0.2, 0.25) is 0 Å². The fraction of sp³-hybridized carbons (Fsp3) is 0.381. The van der Waals surface area contributed by atoms with E-state index >= 15 is 0 Å². The number of nitrogens with one attached hydrogen (secondary N) is 1. The van der Waals surface area contributed by atoms with Gasteiger partial charge in [0, 0.05) is 21.1 Å². The van der Waals surface area contributed by atoms with Crippen LogP contribution in [0.5, 0.6) is 0 Å². The van der Waals surface area contributed by atoms with E-state index in [1.165, 1.54) is 23.0 Å². The molecule has 1 aliphatic heterocycles. The highest BCUT2D eigenvalue weighted by Crippen LogP contribution is 2.53. The van der Waals surface area contributed by atoms with E-state index in [1.807, 2.05) is 12.1 Å². The van der Waals surface area contributed by atoms with Crippen LogP contribution in [-0.2, 0) is 5.41 Å². The quantitative estimate of drug-likeness (QED) is 0.617.